The summed E-state index contributed by atoms with van der Waals surface area (Å²) in [5, 5.41) is 0.420. The van der Waals surface area contributed by atoms with Crippen LogP contribution in [0, 0.1) is 12.7 Å². The molecule has 8 heteroatoms. The van der Waals surface area contributed by atoms with Crippen LogP contribution in [0.5, 0.6) is 0 Å². The summed E-state index contributed by atoms with van der Waals surface area (Å²) in [6, 6.07) is 20.0. The van der Waals surface area contributed by atoms with Gasteiger partial charge in [0.1, 0.15) is 17.9 Å². The normalized spacial score (nSPS) is 14.8. The van der Waals surface area contributed by atoms with Crippen LogP contribution < -0.4 is 5.43 Å². The highest BCUT2D eigenvalue weighted by molar-refractivity contribution is 5.96. The van der Waals surface area contributed by atoms with Gasteiger partial charge in [-0.1, -0.05) is 42.0 Å². The van der Waals surface area contributed by atoms with Gasteiger partial charge >= 0.3 is 0 Å². The molecule has 1 aromatic heterocycles. The Balaban J connectivity index is 1.43. The summed E-state index contributed by atoms with van der Waals surface area (Å²) in [6.07, 6.45) is 2.93. The largest absolute Gasteiger partial charge is 0.464 e. The molecule has 1 aliphatic heterocycles. The molecule has 1 saturated heterocycles. The lowest BCUT2D eigenvalue weighted by Gasteiger charge is -2.29. The molecule has 0 bridgehead atoms. The van der Waals surface area contributed by atoms with Crippen molar-refractivity contribution in [3.8, 4) is 0 Å². The maximum absolute atomic E-state index is 13.9. The minimum atomic E-state index is -0.386. The summed E-state index contributed by atoms with van der Waals surface area (Å²) in [5.41, 5.74) is 2.74. The Kier molecular flexibility index (Phi) is 8.36. The van der Waals surface area contributed by atoms with Gasteiger partial charge in [0.15, 0.2) is 5.43 Å². The van der Waals surface area contributed by atoms with E-state index in [2.05, 4.69) is 0 Å². The number of carbonyl (C=O) groups is 2. The SMILES string of the molecule is Cc1ccc(C(=O)N(CC(=O)N(Cc2ccc(F)cc2)Cc2coc3ccccc3c2=O)CC2CCCO2)cc1. The van der Waals surface area contributed by atoms with Crippen LogP contribution in [0.15, 0.2) is 88.3 Å². The zero-order valence-corrected chi connectivity index (χ0v) is 22.3. The van der Waals surface area contributed by atoms with Crippen molar-refractivity contribution in [2.24, 2.45) is 0 Å². The van der Waals surface area contributed by atoms with Crippen molar-refractivity contribution in [2.45, 2.75) is 39.0 Å². The third-order valence-electron chi connectivity index (χ3n) is 7.11. The van der Waals surface area contributed by atoms with E-state index in [0.717, 1.165) is 18.4 Å². The Hall–Kier alpha value is -4.30. The summed E-state index contributed by atoms with van der Waals surface area (Å²) >= 11 is 0. The van der Waals surface area contributed by atoms with Crippen LogP contribution in [0.4, 0.5) is 4.39 Å². The molecule has 0 aliphatic carbocycles. The highest BCUT2D eigenvalue weighted by atomic mass is 19.1. The van der Waals surface area contributed by atoms with Gasteiger partial charge in [-0.25, -0.2) is 4.39 Å². The number of aryl methyl sites for hydroxylation is 1. The number of halogens is 1. The number of nitrogens with zero attached hydrogens (tertiary/aromatic N) is 2. The number of carbonyl (C=O) groups excluding carboxylic acids is 2. The fourth-order valence-electron chi connectivity index (χ4n) is 4.87. The Morgan fingerprint density at radius 3 is 2.42 bits per heavy atom. The number of benzene rings is 3. The maximum atomic E-state index is 13.9. The molecular weight excluding hydrogens is 511 g/mol. The molecule has 1 atom stereocenters. The predicted octanol–water partition coefficient (Wildman–Crippen LogP) is 5.09. The second-order valence-corrected chi connectivity index (χ2v) is 10.1. The van der Waals surface area contributed by atoms with Crippen molar-refractivity contribution in [3.63, 3.8) is 0 Å². The monoisotopic (exact) mass is 542 g/mol. The number of hydrogen-bond donors (Lipinski definition) is 0. The number of fused-ring (bicyclic) bond motifs is 1. The zero-order chi connectivity index (χ0) is 28.1. The molecule has 4 aromatic rings. The molecule has 0 spiro atoms. The van der Waals surface area contributed by atoms with E-state index in [9.17, 15) is 18.8 Å². The lowest BCUT2D eigenvalue weighted by atomic mass is 10.1. The van der Waals surface area contributed by atoms with E-state index in [1.165, 1.54) is 28.2 Å². The third-order valence-corrected chi connectivity index (χ3v) is 7.11. The molecule has 0 saturated carbocycles. The Labute approximate surface area is 231 Å². The Bertz CT molecular complexity index is 1540. The van der Waals surface area contributed by atoms with Crippen molar-refractivity contribution in [1.29, 1.82) is 0 Å². The number of hydrogen-bond acceptors (Lipinski definition) is 5. The first kappa shape index (κ1) is 27.3. The van der Waals surface area contributed by atoms with E-state index in [-0.39, 0.29) is 55.3 Å². The molecule has 2 amide bonds. The topological polar surface area (TPSA) is 80.1 Å². The summed E-state index contributed by atoms with van der Waals surface area (Å²) < 4.78 is 25.0. The first-order chi connectivity index (χ1) is 19.4. The Morgan fingerprint density at radius 2 is 1.70 bits per heavy atom. The van der Waals surface area contributed by atoms with E-state index in [1.807, 2.05) is 19.1 Å². The molecule has 40 heavy (non-hydrogen) atoms. The minimum absolute atomic E-state index is 0.0319. The first-order valence-corrected chi connectivity index (χ1v) is 13.4. The Morgan fingerprint density at radius 1 is 0.950 bits per heavy atom. The predicted molar refractivity (Wildman–Crippen MR) is 149 cm³/mol. The van der Waals surface area contributed by atoms with Gasteiger partial charge in [-0.15, -0.1) is 0 Å². The lowest BCUT2D eigenvalue weighted by molar-refractivity contribution is -0.133. The molecule has 7 nitrogen and oxygen atoms in total. The van der Waals surface area contributed by atoms with Gasteiger partial charge in [0.25, 0.3) is 5.91 Å². The maximum Gasteiger partial charge on any atom is 0.254 e. The highest BCUT2D eigenvalue weighted by Crippen LogP contribution is 2.18. The molecule has 5 rings (SSSR count). The highest BCUT2D eigenvalue weighted by Gasteiger charge is 2.28. The van der Waals surface area contributed by atoms with Gasteiger partial charge in [0.2, 0.25) is 5.91 Å². The molecule has 1 fully saturated rings. The van der Waals surface area contributed by atoms with Crippen LogP contribution in [0.3, 0.4) is 0 Å². The molecule has 2 heterocycles. The average Bonchev–Trinajstić information content (AvgIpc) is 3.48. The van der Waals surface area contributed by atoms with Crippen LogP contribution in [0.25, 0.3) is 11.0 Å². The quantitative estimate of drug-likeness (QED) is 0.294. The summed E-state index contributed by atoms with van der Waals surface area (Å²) in [4.78, 5) is 43.6. The molecule has 0 radical (unpaired) electrons. The third kappa shape index (κ3) is 6.46. The minimum Gasteiger partial charge on any atom is -0.464 e. The fraction of sp³-hybridized carbons (Fsp3) is 0.281. The van der Waals surface area contributed by atoms with Crippen LogP contribution in [-0.2, 0) is 22.6 Å². The van der Waals surface area contributed by atoms with E-state index >= 15 is 0 Å². The van der Waals surface area contributed by atoms with Crippen molar-refractivity contribution < 1.29 is 23.1 Å². The standard InChI is InChI=1S/C32H31FN2O5/c1-22-8-12-24(13-9-22)32(38)35(19-27-5-4-16-39-27)20-30(36)34(17-23-10-14-26(33)15-11-23)18-25-21-40-29-7-3-2-6-28(29)31(25)37/h2-3,6-15,21,27H,4-5,16-20H2,1H3. The van der Waals surface area contributed by atoms with Crippen molar-refractivity contribution in [1.82, 2.24) is 9.80 Å². The molecule has 1 unspecified atom stereocenters. The van der Waals surface area contributed by atoms with Crippen LogP contribution in [0.2, 0.25) is 0 Å². The lowest BCUT2D eigenvalue weighted by Crippen LogP contribution is -2.45. The second-order valence-electron chi connectivity index (χ2n) is 10.1. The van der Waals surface area contributed by atoms with Gasteiger partial charge in [0, 0.05) is 25.3 Å². The fourth-order valence-corrected chi connectivity index (χ4v) is 4.87. The van der Waals surface area contributed by atoms with E-state index < -0.39 is 0 Å². The van der Waals surface area contributed by atoms with E-state index in [0.29, 0.717) is 34.3 Å². The summed E-state index contributed by atoms with van der Waals surface area (Å²) in [7, 11) is 0. The van der Waals surface area contributed by atoms with Crippen LogP contribution in [0.1, 0.15) is 39.9 Å². The number of para-hydroxylation sites is 1. The summed E-state index contributed by atoms with van der Waals surface area (Å²) in [6.45, 7) is 2.74. The van der Waals surface area contributed by atoms with Gasteiger partial charge in [-0.05, 0) is 61.7 Å². The van der Waals surface area contributed by atoms with E-state index in [1.54, 1.807) is 48.5 Å². The van der Waals surface area contributed by atoms with Crippen molar-refractivity contribution >= 4 is 22.8 Å². The molecule has 0 N–H and O–H groups in total. The molecule has 3 aromatic carbocycles. The van der Waals surface area contributed by atoms with Crippen molar-refractivity contribution in [3.05, 3.63) is 117 Å². The number of rotatable bonds is 9. The van der Waals surface area contributed by atoms with Crippen molar-refractivity contribution in [2.75, 3.05) is 19.7 Å². The second kappa shape index (κ2) is 12.3. The molecule has 1 aliphatic rings. The summed E-state index contributed by atoms with van der Waals surface area (Å²) in [5.74, 6) is -1.01. The van der Waals surface area contributed by atoms with E-state index in [4.69, 9.17) is 9.15 Å². The van der Waals surface area contributed by atoms with Crippen LogP contribution >= 0.6 is 0 Å². The van der Waals surface area contributed by atoms with Crippen LogP contribution in [-0.4, -0.2) is 47.4 Å². The zero-order valence-electron chi connectivity index (χ0n) is 22.3. The van der Waals surface area contributed by atoms with Gasteiger partial charge in [-0.3, -0.25) is 14.4 Å². The smallest absolute Gasteiger partial charge is 0.254 e. The molecular formula is C32H31FN2O5. The first-order valence-electron chi connectivity index (χ1n) is 13.4. The molecule has 206 valence electrons. The number of ether oxygens (including phenoxy) is 1. The van der Waals surface area contributed by atoms with Gasteiger partial charge in [-0.2, -0.15) is 0 Å². The van der Waals surface area contributed by atoms with Gasteiger partial charge in [0.05, 0.1) is 29.9 Å². The van der Waals surface area contributed by atoms with Gasteiger partial charge < -0.3 is 19.0 Å². The number of amides is 2. The average molecular weight is 543 g/mol.